The minimum Gasteiger partial charge on any atom is -0.506 e. The Morgan fingerprint density at radius 1 is 1.04 bits per heavy atom. The highest BCUT2D eigenvalue weighted by atomic mass is 16.6. The molecular weight excluding hydrogens is 350 g/mol. The summed E-state index contributed by atoms with van der Waals surface area (Å²) in [5, 5.41) is 27.2. The summed E-state index contributed by atoms with van der Waals surface area (Å²) in [6, 6.07) is 13.6. The number of nitro groups is 1. The van der Waals surface area contributed by atoms with E-state index in [-0.39, 0.29) is 28.9 Å². The van der Waals surface area contributed by atoms with Gasteiger partial charge in [-0.25, -0.2) is 4.98 Å². The van der Waals surface area contributed by atoms with Gasteiger partial charge in [0.05, 0.1) is 23.4 Å². The van der Waals surface area contributed by atoms with Crippen molar-refractivity contribution in [2.75, 3.05) is 17.7 Å². The number of aryl methyl sites for hydroxylation is 1. The summed E-state index contributed by atoms with van der Waals surface area (Å²) >= 11 is 0. The van der Waals surface area contributed by atoms with Crippen LogP contribution in [0.15, 0.2) is 48.5 Å². The van der Waals surface area contributed by atoms with E-state index in [9.17, 15) is 15.2 Å². The van der Waals surface area contributed by atoms with E-state index in [0.29, 0.717) is 17.1 Å². The van der Waals surface area contributed by atoms with Crippen molar-refractivity contribution >= 4 is 28.8 Å². The molecule has 1 heterocycles. The van der Waals surface area contributed by atoms with Gasteiger partial charge in [-0.15, -0.1) is 0 Å². The van der Waals surface area contributed by atoms with E-state index in [4.69, 9.17) is 4.74 Å². The number of rotatable bonds is 6. The number of hydrogen-bond acceptors (Lipinski definition) is 8. The zero-order chi connectivity index (χ0) is 19.4. The molecule has 0 aliphatic carbocycles. The highest BCUT2D eigenvalue weighted by Gasteiger charge is 2.23. The molecule has 0 atom stereocenters. The molecule has 1 aromatic heterocycles. The molecule has 0 spiro atoms. The molecule has 0 unspecified atom stereocenters. The van der Waals surface area contributed by atoms with Gasteiger partial charge in [-0.05, 0) is 31.2 Å². The second kappa shape index (κ2) is 7.56. The topological polar surface area (TPSA) is 122 Å². The number of phenols is 1. The van der Waals surface area contributed by atoms with Crippen molar-refractivity contribution in [1.82, 2.24) is 9.97 Å². The molecule has 0 amide bonds. The molecule has 27 heavy (non-hydrogen) atoms. The summed E-state index contributed by atoms with van der Waals surface area (Å²) in [4.78, 5) is 19.3. The van der Waals surface area contributed by atoms with Gasteiger partial charge in [0.1, 0.15) is 17.2 Å². The standard InChI is InChI=1S/C18H17N5O4/c1-11-16(23(25)26)17(20-13-8-4-6-10-15(13)27-2)22-18(19-11)21-12-7-3-5-9-14(12)24/h3-10,24H,1-2H3,(H2,19,20,21,22). The maximum absolute atomic E-state index is 11.5. The number of ether oxygens (including phenoxy) is 1. The van der Waals surface area contributed by atoms with Gasteiger partial charge in [-0.1, -0.05) is 24.3 Å². The molecule has 0 bridgehead atoms. The minimum atomic E-state index is -0.545. The Bertz CT molecular complexity index is 993. The number of benzene rings is 2. The fraction of sp³-hybridized carbons (Fsp3) is 0.111. The predicted molar refractivity (Wildman–Crippen MR) is 101 cm³/mol. The van der Waals surface area contributed by atoms with Crippen molar-refractivity contribution in [3.05, 3.63) is 64.3 Å². The van der Waals surface area contributed by atoms with Crippen molar-refractivity contribution in [3.8, 4) is 11.5 Å². The van der Waals surface area contributed by atoms with Crippen molar-refractivity contribution in [2.45, 2.75) is 6.92 Å². The van der Waals surface area contributed by atoms with Gasteiger partial charge in [0.15, 0.2) is 0 Å². The van der Waals surface area contributed by atoms with Crippen molar-refractivity contribution in [1.29, 1.82) is 0 Å². The number of anilines is 4. The summed E-state index contributed by atoms with van der Waals surface area (Å²) in [6.07, 6.45) is 0. The van der Waals surface area contributed by atoms with Gasteiger partial charge in [-0.3, -0.25) is 10.1 Å². The third kappa shape index (κ3) is 3.87. The molecule has 3 aromatic rings. The third-order valence-electron chi connectivity index (χ3n) is 3.75. The van der Waals surface area contributed by atoms with Crippen LogP contribution in [0.2, 0.25) is 0 Å². The molecule has 0 aliphatic heterocycles. The first kappa shape index (κ1) is 17.9. The highest BCUT2D eigenvalue weighted by molar-refractivity contribution is 5.73. The average molecular weight is 367 g/mol. The molecule has 138 valence electrons. The molecule has 9 nitrogen and oxygen atoms in total. The Morgan fingerprint density at radius 2 is 1.70 bits per heavy atom. The fourth-order valence-electron chi connectivity index (χ4n) is 2.50. The van der Waals surface area contributed by atoms with E-state index in [1.54, 1.807) is 42.5 Å². The first-order valence-corrected chi connectivity index (χ1v) is 7.97. The van der Waals surface area contributed by atoms with E-state index < -0.39 is 4.92 Å². The summed E-state index contributed by atoms with van der Waals surface area (Å²) in [5.41, 5.74) is 0.831. The van der Waals surface area contributed by atoms with Gasteiger partial charge in [0, 0.05) is 0 Å². The van der Waals surface area contributed by atoms with Crippen LogP contribution in [0, 0.1) is 17.0 Å². The lowest BCUT2D eigenvalue weighted by atomic mass is 10.2. The highest BCUT2D eigenvalue weighted by Crippen LogP contribution is 2.34. The van der Waals surface area contributed by atoms with Crippen LogP contribution in [0.1, 0.15) is 5.69 Å². The quantitative estimate of drug-likeness (QED) is 0.341. The molecule has 3 rings (SSSR count). The third-order valence-corrected chi connectivity index (χ3v) is 3.75. The minimum absolute atomic E-state index is 0.00919. The molecular formula is C18H17N5O4. The number of phenolic OH excluding ortho intramolecular Hbond substituents is 1. The zero-order valence-corrected chi connectivity index (χ0v) is 14.6. The first-order valence-electron chi connectivity index (χ1n) is 7.97. The number of para-hydroxylation sites is 4. The number of hydrogen-bond donors (Lipinski definition) is 3. The van der Waals surface area contributed by atoms with Crippen molar-refractivity contribution in [2.24, 2.45) is 0 Å². The van der Waals surface area contributed by atoms with E-state index in [1.165, 1.54) is 20.1 Å². The van der Waals surface area contributed by atoms with Gasteiger partial charge >= 0.3 is 5.69 Å². The molecule has 0 saturated carbocycles. The first-order chi connectivity index (χ1) is 13.0. The van der Waals surface area contributed by atoms with E-state index in [2.05, 4.69) is 20.6 Å². The molecule has 3 N–H and O–H groups in total. The largest absolute Gasteiger partial charge is 0.506 e. The van der Waals surface area contributed by atoms with Crippen LogP contribution in [0.4, 0.5) is 28.8 Å². The second-order valence-electron chi connectivity index (χ2n) is 5.55. The number of aromatic nitrogens is 2. The molecule has 2 aromatic carbocycles. The SMILES string of the molecule is COc1ccccc1Nc1nc(Nc2ccccc2O)nc(C)c1[N+](=O)[O-]. The van der Waals surface area contributed by atoms with Crippen LogP contribution in [-0.4, -0.2) is 27.1 Å². The smallest absolute Gasteiger partial charge is 0.332 e. The molecule has 0 radical (unpaired) electrons. The van der Waals surface area contributed by atoms with Gasteiger partial charge in [-0.2, -0.15) is 4.98 Å². The normalized spacial score (nSPS) is 10.3. The van der Waals surface area contributed by atoms with E-state index in [1.807, 2.05) is 0 Å². The maximum atomic E-state index is 11.5. The summed E-state index contributed by atoms with van der Waals surface area (Å²) in [7, 11) is 1.51. The summed E-state index contributed by atoms with van der Waals surface area (Å²) in [5.74, 6) is 0.640. The zero-order valence-electron chi connectivity index (χ0n) is 14.6. The summed E-state index contributed by atoms with van der Waals surface area (Å²) in [6.45, 7) is 1.52. The number of nitrogens with one attached hydrogen (secondary N) is 2. The van der Waals surface area contributed by atoms with Crippen molar-refractivity contribution in [3.63, 3.8) is 0 Å². The average Bonchev–Trinajstić information content (AvgIpc) is 2.63. The molecule has 9 heteroatoms. The van der Waals surface area contributed by atoms with Crippen LogP contribution in [0.5, 0.6) is 11.5 Å². The van der Waals surface area contributed by atoms with Gasteiger partial charge in [0.2, 0.25) is 11.8 Å². The molecule has 0 saturated heterocycles. The van der Waals surface area contributed by atoms with Gasteiger partial charge < -0.3 is 20.5 Å². The number of aromatic hydroxyl groups is 1. The van der Waals surface area contributed by atoms with Crippen LogP contribution in [-0.2, 0) is 0 Å². The Labute approximate surface area is 154 Å². The van der Waals surface area contributed by atoms with Crippen LogP contribution in [0.25, 0.3) is 0 Å². The predicted octanol–water partition coefficient (Wildman–Crippen LogP) is 3.89. The van der Waals surface area contributed by atoms with Gasteiger partial charge in [0.25, 0.3) is 0 Å². The molecule has 0 aliphatic rings. The number of methoxy groups -OCH3 is 1. The Hall–Kier alpha value is -3.88. The van der Waals surface area contributed by atoms with Crippen LogP contribution < -0.4 is 15.4 Å². The Balaban J connectivity index is 2.04. The monoisotopic (exact) mass is 367 g/mol. The fourth-order valence-corrected chi connectivity index (χ4v) is 2.50. The van der Waals surface area contributed by atoms with Crippen LogP contribution >= 0.6 is 0 Å². The molecule has 0 fully saturated rings. The van der Waals surface area contributed by atoms with E-state index >= 15 is 0 Å². The summed E-state index contributed by atoms with van der Waals surface area (Å²) < 4.78 is 5.27. The maximum Gasteiger partial charge on any atom is 0.332 e. The number of nitrogens with zero attached hydrogens (tertiary/aromatic N) is 3. The lowest BCUT2D eigenvalue weighted by Gasteiger charge is -2.13. The lowest BCUT2D eigenvalue weighted by molar-refractivity contribution is -0.385. The second-order valence-corrected chi connectivity index (χ2v) is 5.55. The Kier molecular flexibility index (Phi) is 5.02. The van der Waals surface area contributed by atoms with Crippen molar-refractivity contribution < 1.29 is 14.8 Å². The lowest BCUT2D eigenvalue weighted by Crippen LogP contribution is -2.07. The van der Waals surface area contributed by atoms with E-state index in [0.717, 1.165) is 0 Å². The Morgan fingerprint density at radius 3 is 2.37 bits per heavy atom. The van der Waals surface area contributed by atoms with Crippen LogP contribution in [0.3, 0.4) is 0 Å².